The van der Waals surface area contributed by atoms with Gasteiger partial charge in [-0.3, -0.25) is 0 Å². The summed E-state index contributed by atoms with van der Waals surface area (Å²) in [5, 5.41) is 18.0. The minimum absolute atomic E-state index is 0.0252. The Kier molecular flexibility index (Phi) is 3.07. The number of aliphatic hydroxyl groups excluding tert-OH is 1. The minimum atomic E-state index is -1.51. The van der Waals surface area contributed by atoms with E-state index in [9.17, 15) is 9.90 Å². The highest BCUT2D eigenvalue weighted by Gasteiger charge is 2.21. The van der Waals surface area contributed by atoms with E-state index in [0.29, 0.717) is 24.5 Å². The normalized spacial score (nSPS) is 17.6. The Balaban J connectivity index is 2.08. The van der Waals surface area contributed by atoms with Crippen molar-refractivity contribution in [3.8, 4) is 5.75 Å². The lowest BCUT2D eigenvalue weighted by atomic mass is 10.1. The molecule has 5 nitrogen and oxygen atoms in total. The van der Waals surface area contributed by atoms with Crippen LogP contribution in [0.25, 0.3) is 0 Å². The molecule has 5 heteroatoms. The number of aliphatic carboxylic acids is 1. The molecule has 2 N–H and O–H groups in total. The number of rotatable bonds is 4. The van der Waals surface area contributed by atoms with Crippen LogP contribution >= 0.6 is 0 Å². The maximum absolute atomic E-state index is 10.6. The number of carboxylic acid groups (broad SMARTS) is 1. The third-order valence-corrected chi connectivity index (χ3v) is 2.32. The number of benzene rings is 1. The first-order valence-corrected chi connectivity index (χ1v) is 4.92. The van der Waals surface area contributed by atoms with E-state index in [-0.39, 0.29) is 6.10 Å². The number of hydrogen-bond acceptors (Lipinski definition) is 4. The van der Waals surface area contributed by atoms with Gasteiger partial charge in [-0.15, -0.1) is 0 Å². The van der Waals surface area contributed by atoms with Gasteiger partial charge in [0.05, 0.1) is 13.2 Å². The molecule has 1 atom stereocenters. The highest BCUT2D eigenvalue weighted by atomic mass is 16.6. The van der Waals surface area contributed by atoms with Crippen molar-refractivity contribution >= 4 is 5.97 Å². The highest BCUT2D eigenvalue weighted by molar-refractivity contribution is 5.74. The second-order valence-electron chi connectivity index (χ2n) is 3.59. The number of ether oxygens (including phenoxy) is 2. The van der Waals surface area contributed by atoms with Gasteiger partial charge in [0.25, 0.3) is 0 Å². The number of carboxylic acids is 1. The molecule has 0 radical (unpaired) electrons. The summed E-state index contributed by atoms with van der Waals surface area (Å²) in [6.07, 6.45) is -1.49. The molecular weight excluding hydrogens is 212 g/mol. The van der Waals surface area contributed by atoms with E-state index < -0.39 is 12.1 Å². The van der Waals surface area contributed by atoms with Crippen molar-refractivity contribution in [1.82, 2.24) is 0 Å². The third-order valence-electron chi connectivity index (χ3n) is 2.32. The highest BCUT2D eigenvalue weighted by Crippen LogP contribution is 2.21. The fourth-order valence-electron chi connectivity index (χ4n) is 1.38. The Morgan fingerprint density at radius 1 is 1.50 bits per heavy atom. The summed E-state index contributed by atoms with van der Waals surface area (Å²) in [5.41, 5.74) is 0.310. The molecule has 0 bridgehead atoms. The van der Waals surface area contributed by atoms with Crippen LogP contribution in [0.15, 0.2) is 24.3 Å². The lowest BCUT2D eigenvalue weighted by Crippen LogP contribution is -2.38. The van der Waals surface area contributed by atoms with Crippen molar-refractivity contribution in [3.05, 3.63) is 29.8 Å². The SMILES string of the molecule is O=C(O)C(O)c1cccc(OC2COC2)c1. The van der Waals surface area contributed by atoms with E-state index >= 15 is 0 Å². The Morgan fingerprint density at radius 3 is 2.81 bits per heavy atom. The smallest absolute Gasteiger partial charge is 0.337 e. The van der Waals surface area contributed by atoms with Crippen LogP contribution in [0.1, 0.15) is 11.7 Å². The van der Waals surface area contributed by atoms with Gasteiger partial charge < -0.3 is 19.7 Å². The average molecular weight is 224 g/mol. The Hall–Kier alpha value is -1.59. The van der Waals surface area contributed by atoms with Crippen LogP contribution in [-0.4, -0.2) is 35.5 Å². The van der Waals surface area contributed by atoms with Gasteiger partial charge in [-0.25, -0.2) is 4.79 Å². The molecule has 86 valence electrons. The number of carbonyl (C=O) groups is 1. The molecule has 0 amide bonds. The summed E-state index contributed by atoms with van der Waals surface area (Å²) >= 11 is 0. The predicted octanol–water partition coefficient (Wildman–Crippen LogP) is 0.582. The Morgan fingerprint density at radius 2 is 2.25 bits per heavy atom. The van der Waals surface area contributed by atoms with E-state index in [2.05, 4.69) is 0 Å². The molecule has 1 aromatic carbocycles. The summed E-state index contributed by atoms with van der Waals surface area (Å²) in [5.74, 6) is -0.727. The van der Waals surface area contributed by atoms with Gasteiger partial charge in [-0.1, -0.05) is 12.1 Å². The van der Waals surface area contributed by atoms with Crippen molar-refractivity contribution in [1.29, 1.82) is 0 Å². The van der Waals surface area contributed by atoms with E-state index in [4.69, 9.17) is 14.6 Å². The van der Waals surface area contributed by atoms with Gasteiger partial charge >= 0.3 is 5.97 Å². The summed E-state index contributed by atoms with van der Waals surface area (Å²) < 4.78 is 10.4. The third kappa shape index (κ3) is 2.32. The monoisotopic (exact) mass is 224 g/mol. The van der Waals surface area contributed by atoms with Gasteiger partial charge in [0, 0.05) is 0 Å². The minimum Gasteiger partial charge on any atom is -0.486 e. The van der Waals surface area contributed by atoms with Crippen LogP contribution < -0.4 is 4.74 Å². The Labute approximate surface area is 92.2 Å². The average Bonchev–Trinajstić information content (AvgIpc) is 2.23. The molecule has 16 heavy (non-hydrogen) atoms. The standard InChI is InChI=1S/C11H12O5/c12-10(11(13)14)7-2-1-3-8(4-7)16-9-5-15-6-9/h1-4,9-10,12H,5-6H2,(H,13,14). The van der Waals surface area contributed by atoms with Gasteiger partial charge in [0.15, 0.2) is 6.10 Å². The number of hydrogen-bond donors (Lipinski definition) is 2. The molecule has 0 saturated carbocycles. The zero-order chi connectivity index (χ0) is 11.5. The Bertz CT molecular complexity index is 386. The summed E-state index contributed by atoms with van der Waals surface area (Å²) in [6.45, 7) is 1.09. The molecule has 1 unspecified atom stereocenters. The summed E-state index contributed by atoms with van der Waals surface area (Å²) in [7, 11) is 0. The molecule has 1 saturated heterocycles. The molecule has 1 heterocycles. The van der Waals surface area contributed by atoms with Crippen molar-refractivity contribution in [3.63, 3.8) is 0 Å². The lowest BCUT2D eigenvalue weighted by Gasteiger charge is -2.26. The van der Waals surface area contributed by atoms with Crippen LogP contribution in [0, 0.1) is 0 Å². The molecule has 0 aliphatic carbocycles. The van der Waals surface area contributed by atoms with Crippen LogP contribution in [0.4, 0.5) is 0 Å². The summed E-state index contributed by atoms with van der Waals surface area (Å²) in [4.78, 5) is 10.6. The maximum atomic E-state index is 10.6. The zero-order valence-electron chi connectivity index (χ0n) is 8.50. The van der Waals surface area contributed by atoms with Crippen LogP contribution in [0.3, 0.4) is 0 Å². The fourth-order valence-corrected chi connectivity index (χ4v) is 1.38. The fraction of sp³-hybridized carbons (Fsp3) is 0.364. The molecule has 0 aromatic heterocycles. The van der Waals surface area contributed by atoms with E-state index in [1.165, 1.54) is 6.07 Å². The first-order valence-electron chi connectivity index (χ1n) is 4.92. The van der Waals surface area contributed by atoms with Crippen molar-refractivity contribution in [2.45, 2.75) is 12.2 Å². The molecule has 2 rings (SSSR count). The second kappa shape index (κ2) is 4.51. The first kappa shape index (κ1) is 10.9. The number of aliphatic hydroxyl groups is 1. The van der Waals surface area contributed by atoms with E-state index in [1.807, 2.05) is 0 Å². The van der Waals surface area contributed by atoms with E-state index in [0.717, 1.165) is 0 Å². The molecule has 0 spiro atoms. The van der Waals surface area contributed by atoms with E-state index in [1.54, 1.807) is 18.2 Å². The van der Waals surface area contributed by atoms with Gasteiger partial charge in [0.1, 0.15) is 11.9 Å². The molecule has 1 fully saturated rings. The van der Waals surface area contributed by atoms with Gasteiger partial charge in [-0.05, 0) is 17.7 Å². The quantitative estimate of drug-likeness (QED) is 0.782. The molecule has 1 aromatic rings. The van der Waals surface area contributed by atoms with Crippen LogP contribution in [0.2, 0.25) is 0 Å². The molecule has 1 aliphatic rings. The topological polar surface area (TPSA) is 76.0 Å². The zero-order valence-corrected chi connectivity index (χ0v) is 8.50. The van der Waals surface area contributed by atoms with Crippen molar-refractivity contribution < 1.29 is 24.5 Å². The second-order valence-corrected chi connectivity index (χ2v) is 3.59. The molecule has 1 aliphatic heterocycles. The largest absolute Gasteiger partial charge is 0.486 e. The maximum Gasteiger partial charge on any atom is 0.337 e. The van der Waals surface area contributed by atoms with Crippen LogP contribution in [-0.2, 0) is 9.53 Å². The predicted molar refractivity (Wildman–Crippen MR) is 54.3 cm³/mol. The van der Waals surface area contributed by atoms with Crippen molar-refractivity contribution in [2.24, 2.45) is 0 Å². The van der Waals surface area contributed by atoms with Gasteiger partial charge in [-0.2, -0.15) is 0 Å². The van der Waals surface area contributed by atoms with Crippen LogP contribution in [0.5, 0.6) is 5.75 Å². The van der Waals surface area contributed by atoms with Gasteiger partial charge in [0.2, 0.25) is 0 Å². The van der Waals surface area contributed by atoms with Crippen molar-refractivity contribution in [2.75, 3.05) is 13.2 Å². The first-order chi connectivity index (χ1) is 7.66. The lowest BCUT2D eigenvalue weighted by molar-refractivity contribution is -0.146. The molecular formula is C11H12O5. The summed E-state index contributed by atoms with van der Waals surface area (Å²) in [6, 6.07) is 6.44.